The Morgan fingerprint density at radius 3 is 1.18 bits per heavy atom. The fourth-order valence-corrected chi connectivity index (χ4v) is 10.4. The molecule has 14 heteroatoms. The van der Waals surface area contributed by atoms with Crippen LogP contribution in [0.25, 0.3) is 0 Å². The normalized spacial score (nSPS) is 25.5. The van der Waals surface area contributed by atoms with Crippen LogP contribution in [0.1, 0.15) is 271 Å². The van der Waals surface area contributed by atoms with Gasteiger partial charge in [-0.15, -0.1) is 0 Å². The van der Waals surface area contributed by atoms with Crippen molar-refractivity contribution in [1.29, 1.82) is 0 Å². The van der Waals surface area contributed by atoms with Gasteiger partial charge in [0, 0.05) is 6.42 Å². The number of carbonyl (C=O) groups excluding carboxylic acids is 1. The van der Waals surface area contributed by atoms with Crippen molar-refractivity contribution < 1.29 is 64.6 Å². The molecule has 1 amide bonds. The van der Waals surface area contributed by atoms with Gasteiger partial charge >= 0.3 is 0 Å². The number of rotatable bonds is 49. The Balaban J connectivity index is 1.48. The fourth-order valence-electron chi connectivity index (χ4n) is 10.4. The second kappa shape index (κ2) is 45.1. The van der Waals surface area contributed by atoms with Gasteiger partial charge in [-0.1, -0.05) is 251 Å². The van der Waals surface area contributed by atoms with E-state index in [0.717, 1.165) is 51.4 Å². The average Bonchev–Trinajstić information content (AvgIpc) is 3.38. The number of amides is 1. The number of hydrogen-bond acceptors (Lipinski definition) is 13. The van der Waals surface area contributed by atoms with Crippen LogP contribution >= 0.6 is 0 Å². The van der Waals surface area contributed by atoms with E-state index >= 15 is 0 Å². The lowest BCUT2D eigenvalue weighted by Crippen LogP contribution is -2.65. The van der Waals surface area contributed by atoms with Crippen molar-refractivity contribution in [2.75, 3.05) is 19.8 Å². The largest absolute Gasteiger partial charge is 0.394 e. The van der Waals surface area contributed by atoms with E-state index in [-0.39, 0.29) is 12.5 Å². The molecule has 2 saturated heterocycles. The maximum absolute atomic E-state index is 13.1. The first-order chi connectivity index (χ1) is 35.1. The first-order valence-electron chi connectivity index (χ1n) is 30.3. The van der Waals surface area contributed by atoms with E-state index in [1.165, 1.54) is 193 Å². The smallest absolute Gasteiger partial charge is 0.220 e. The summed E-state index contributed by atoms with van der Waals surface area (Å²) in [6.45, 7) is 2.75. The molecular weight excluding hydrogens is 919 g/mol. The third-order valence-corrected chi connectivity index (χ3v) is 15.3. The van der Waals surface area contributed by atoms with E-state index < -0.39 is 86.8 Å². The van der Waals surface area contributed by atoms with Crippen LogP contribution in [0.2, 0.25) is 0 Å². The first-order valence-corrected chi connectivity index (χ1v) is 30.3. The Hall–Kier alpha value is -1.01. The highest BCUT2D eigenvalue weighted by Crippen LogP contribution is 2.30. The molecule has 0 aliphatic carbocycles. The molecule has 0 radical (unpaired) electrons. The third kappa shape index (κ3) is 30.7. The van der Waals surface area contributed by atoms with E-state index in [4.69, 9.17) is 18.9 Å². The molecule has 9 N–H and O–H groups in total. The van der Waals surface area contributed by atoms with Gasteiger partial charge in [0.1, 0.15) is 48.8 Å². The molecule has 12 atom stereocenters. The van der Waals surface area contributed by atoms with Crippen molar-refractivity contribution in [3.05, 3.63) is 0 Å². The van der Waals surface area contributed by atoms with Crippen molar-refractivity contribution >= 4 is 5.91 Å². The van der Waals surface area contributed by atoms with Crippen LogP contribution in [-0.2, 0) is 23.7 Å². The van der Waals surface area contributed by atoms with Gasteiger partial charge in [-0.3, -0.25) is 4.79 Å². The van der Waals surface area contributed by atoms with Crippen LogP contribution < -0.4 is 5.32 Å². The van der Waals surface area contributed by atoms with Crippen molar-refractivity contribution in [2.24, 2.45) is 0 Å². The van der Waals surface area contributed by atoms with Crippen LogP contribution in [0.15, 0.2) is 0 Å². The molecular formula is C58H113NO13. The van der Waals surface area contributed by atoms with E-state index in [1.807, 2.05) is 0 Å². The Kier molecular flexibility index (Phi) is 42.0. The van der Waals surface area contributed by atoms with Crippen molar-refractivity contribution in [3.63, 3.8) is 0 Å². The predicted octanol–water partition coefficient (Wildman–Crippen LogP) is 10.1. The zero-order chi connectivity index (χ0) is 52.4. The molecule has 0 aromatic rings. The molecule has 2 rings (SSSR count). The average molecular weight is 1030 g/mol. The molecule has 0 spiro atoms. The summed E-state index contributed by atoms with van der Waals surface area (Å²) < 4.78 is 22.6. The quantitative estimate of drug-likeness (QED) is 0.0259. The Morgan fingerprint density at radius 2 is 0.792 bits per heavy atom. The molecule has 0 saturated carbocycles. The van der Waals surface area contributed by atoms with Crippen molar-refractivity contribution in [1.82, 2.24) is 5.32 Å². The van der Waals surface area contributed by atoms with Crippen LogP contribution in [0.4, 0.5) is 0 Å². The highest BCUT2D eigenvalue weighted by atomic mass is 16.7. The minimum atomic E-state index is -1.78. The second-order valence-corrected chi connectivity index (χ2v) is 21.8. The summed E-state index contributed by atoms with van der Waals surface area (Å²) in [5, 5.41) is 86.4. The standard InChI is InChI=1S/C58H113NO13/c1-3-5-7-9-10-11-12-13-14-15-16-17-18-19-20-21-22-23-24-25-26-27-28-29-30-31-32-33-34-35-36-37-38-40-42-50(63)59-46(47(62)41-39-8-6-4-2)45-69-57-55(68)53(66)56(49(44-61)71-57)72-58-54(67)52(65)51(64)48(43-60)70-58/h46-49,51-58,60-62,64-68H,3-45H2,1-2H3,(H,59,63). The molecule has 2 aliphatic rings. The minimum Gasteiger partial charge on any atom is -0.394 e. The number of carbonyl (C=O) groups is 1. The predicted molar refractivity (Wildman–Crippen MR) is 286 cm³/mol. The van der Waals surface area contributed by atoms with Crippen molar-refractivity contribution in [2.45, 2.75) is 344 Å². The van der Waals surface area contributed by atoms with Gasteiger partial charge in [-0.25, -0.2) is 0 Å². The Bertz CT molecular complexity index is 1220. The van der Waals surface area contributed by atoms with E-state index in [0.29, 0.717) is 12.8 Å². The first kappa shape index (κ1) is 67.1. The molecule has 428 valence electrons. The summed E-state index contributed by atoms with van der Waals surface area (Å²) in [4.78, 5) is 13.1. The van der Waals surface area contributed by atoms with Gasteiger partial charge in [0.15, 0.2) is 12.6 Å². The van der Waals surface area contributed by atoms with Crippen LogP contribution in [0, 0.1) is 0 Å². The molecule has 12 unspecified atom stereocenters. The zero-order valence-electron chi connectivity index (χ0n) is 46.0. The maximum Gasteiger partial charge on any atom is 0.220 e. The van der Waals surface area contributed by atoms with Gasteiger partial charge < -0.3 is 65.1 Å². The summed E-state index contributed by atoms with van der Waals surface area (Å²) in [6, 6.07) is -0.819. The van der Waals surface area contributed by atoms with Gasteiger partial charge in [0.25, 0.3) is 0 Å². The summed E-state index contributed by atoms with van der Waals surface area (Å²) in [5.41, 5.74) is 0. The molecule has 2 heterocycles. The van der Waals surface area contributed by atoms with Gasteiger partial charge in [-0.05, 0) is 12.8 Å². The van der Waals surface area contributed by atoms with E-state index in [2.05, 4.69) is 19.2 Å². The number of hydrogen-bond donors (Lipinski definition) is 9. The summed E-state index contributed by atoms with van der Waals surface area (Å²) in [5.74, 6) is -0.210. The Morgan fingerprint density at radius 1 is 0.444 bits per heavy atom. The number of ether oxygens (including phenoxy) is 4. The van der Waals surface area contributed by atoms with Gasteiger partial charge in [-0.2, -0.15) is 0 Å². The lowest BCUT2D eigenvalue weighted by atomic mass is 9.97. The number of aliphatic hydroxyl groups is 8. The molecule has 72 heavy (non-hydrogen) atoms. The monoisotopic (exact) mass is 1030 g/mol. The van der Waals surface area contributed by atoms with Crippen LogP contribution in [-0.4, -0.2) is 140 Å². The number of aliphatic hydroxyl groups excluding tert-OH is 8. The molecule has 0 aromatic carbocycles. The number of unbranched alkanes of at least 4 members (excludes halogenated alkanes) is 36. The highest BCUT2D eigenvalue weighted by Gasteiger charge is 2.51. The number of nitrogens with one attached hydrogen (secondary N) is 1. The van der Waals surface area contributed by atoms with Crippen molar-refractivity contribution in [3.8, 4) is 0 Å². The molecule has 2 fully saturated rings. The summed E-state index contributed by atoms with van der Waals surface area (Å²) in [7, 11) is 0. The second-order valence-electron chi connectivity index (χ2n) is 21.8. The minimum absolute atomic E-state index is 0.210. The fraction of sp³-hybridized carbons (Fsp3) is 0.983. The van der Waals surface area contributed by atoms with Crippen LogP contribution in [0.3, 0.4) is 0 Å². The topological polar surface area (TPSA) is 228 Å². The van der Waals surface area contributed by atoms with Crippen LogP contribution in [0.5, 0.6) is 0 Å². The lowest BCUT2D eigenvalue weighted by Gasteiger charge is -2.46. The lowest BCUT2D eigenvalue weighted by molar-refractivity contribution is -0.359. The van der Waals surface area contributed by atoms with E-state index in [9.17, 15) is 45.6 Å². The third-order valence-electron chi connectivity index (χ3n) is 15.3. The van der Waals surface area contributed by atoms with E-state index in [1.54, 1.807) is 0 Å². The SMILES string of the molecule is CCCCCCCCCCCCCCCCCCCCCCCCCCCCCCCCCCCCC(=O)NC(COC1OC(CO)C(OC2OC(CO)C(O)C(O)C2O)C(O)C1O)C(O)CCCCCC. The molecule has 0 bridgehead atoms. The molecule has 14 nitrogen and oxygen atoms in total. The zero-order valence-corrected chi connectivity index (χ0v) is 46.0. The highest BCUT2D eigenvalue weighted by molar-refractivity contribution is 5.76. The maximum atomic E-state index is 13.1. The summed E-state index contributed by atoms with van der Waals surface area (Å²) in [6.07, 6.45) is 33.9. The van der Waals surface area contributed by atoms with Gasteiger partial charge in [0.05, 0.1) is 32.0 Å². The van der Waals surface area contributed by atoms with Gasteiger partial charge in [0.2, 0.25) is 5.91 Å². The Labute approximate surface area is 438 Å². The molecule has 2 aliphatic heterocycles. The molecule has 0 aromatic heterocycles. The summed E-state index contributed by atoms with van der Waals surface area (Å²) >= 11 is 0.